The highest BCUT2D eigenvalue weighted by molar-refractivity contribution is 5.68. The minimum absolute atomic E-state index is 0.0509. The van der Waals surface area contributed by atoms with Gasteiger partial charge in [0.1, 0.15) is 46.0 Å². The summed E-state index contributed by atoms with van der Waals surface area (Å²) in [7, 11) is 0. The van der Waals surface area contributed by atoms with E-state index in [0.717, 1.165) is 173 Å². The Morgan fingerprint density at radius 1 is 0.226 bits per heavy atom. The summed E-state index contributed by atoms with van der Waals surface area (Å²) >= 11 is 0. The fraction of sp³-hybridized carbons (Fsp3) is 0.368. The zero-order valence-electron chi connectivity index (χ0n) is 48.3. The van der Waals surface area contributed by atoms with Crippen molar-refractivity contribution >= 4 is 0 Å². The number of benzene rings is 8. The second-order valence-electron chi connectivity index (χ2n) is 24.7. The molecule has 0 unspecified atom stereocenters. The average molecular weight is 1120 g/mol. The molecule has 432 valence electrons. The van der Waals surface area contributed by atoms with Gasteiger partial charge in [-0.25, -0.2) is 0 Å². The van der Waals surface area contributed by atoms with Crippen LogP contribution in [0, 0.1) is 0 Å². The number of rotatable bonds is 12. The van der Waals surface area contributed by atoms with E-state index in [4.69, 9.17) is 18.9 Å². The molecule has 4 fully saturated rings. The molecule has 4 N–H and O–H groups in total. The number of aromatic hydroxyl groups is 4. The Morgan fingerprint density at radius 2 is 0.417 bits per heavy atom. The van der Waals surface area contributed by atoms with Crippen molar-refractivity contribution in [1.29, 1.82) is 0 Å². The van der Waals surface area contributed by atoms with Crippen LogP contribution in [0.5, 0.6) is 46.0 Å². The van der Waals surface area contributed by atoms with Gasteiger partial charge in [-0.3, -0.25) is 0 Å². The summed E-state index contributed by atoms with van der Waals surface area (Å²) in [5.74, 6) is -0.0648. The Balaban J connectivity index is 1.18. The fourth-order valence-corrected chi connectivity index (χ4v) is 14.8. The van der Waals surface area contributed by atoms with Gasteiger partial charge in [-0.15, -0.1) is 0 Å². The molecule has 4 saturated carbocycles. The molecule has 5 aliphatic carbocycles. The minimum atomic E-state index is -0.707. The zero-order chi connectivity index (χ0) is 56.9. The van der Waals surface area contributed by atoms with Crippen LogP contribution in [0.1, 0.15) is 219 Å². The van der Waals surface area contributed by atoms with Crippen molar-refractivity contribution in [3.63, 3.8) is 0 Å². The van der Waals surface area contributed by atoms with Crippen molar-refractivity contribution in [3.05, 3.63) is 237 Å². The maximum absolute atomic E-state index is 13.1. The second kappa shape index (κ2) is 25.2. The third-order valence-corrected chi connectivity index (χ3v) is 19.0. The zero-order valence-corrected chi connectivity index (χ0v) is 48.3. The standard InChI is InChI=1S/C76H80O8/c77-65-45-69(81-53-33-17-5-18-34-53)61-41-57(65)73(49-25-9-1-10-26-49)58-42-62(70(46-66(58)78)82-54-35-19-6-20-36-54)76(52-31-15-4-16-32-52)64-44-60(68(80)48-72(64)84-56-39-23-8-24-40-56)74(50-27-11-2-12-28-50)59-43-63(75(61)51-29-13-3-14-30-51)71(47-67(59)79)83-55-37-21-7-22-38-55/h1-4,9-16,25-32,41-48,53-56,73-80H,5-8,17-24,33-40H2. The molecule has 8 bridgehead atoms. The van der Waals surface area contributed by atoms with Crippen LogP contribution < -0.4 is 18.9 Å². The first-order chi connectivity index (χ1) is 41.3. The van der Waals surface area contributed by atoms with Crippen molar-refractivity contribution in [2.75, 3.05) is 0 Å². The van der Waals surface area contributed by atoms with Crippen LogP contribution in [0.2, 0.25) is 0 Å². The van der Waals surface area contributed by atoms with Crippen molar-refractivity contribution in [3.8, 4) is 46.0 Å². The lowest BCUT2D eigenvalue weighted by molar-refractivity contribution is 0.151. The largest absolute Gasteiger partial charge is 0.507 e. The van der Waals surface area contributed by atoms with Gasteiger partial charge in [0.2, 0.25) is 0 Å². The molecule has 8 aromatic rings. The van der Waals surface area contributed by atoms with E-state index in [2.05, 4.69) is 97.1 Å². The molecule has 0 radical (unpaired) electrons. The maximum Gasteiger partial charge on any atom is 0.127 e. The molecule has 13 rings (SSSR count). The lowest BCUT2D eigenvalue weighted by Crippen LogP contribution is -2.23. The first kappa shape index (κ1) is 55.4. The van der Waals surface area contributed by atoms with E-state index in [9.17, 15) is 20.4 Å². The van der Waals surface area contributed by atoms with Crippen LogP contribution in [0.25, 0.3) is 0 Å². The third-order valence-electron chi connectivity index (χ3n) is 19.0. The number of hydrogen-bond acceptors (Lipinski definition) is 8. The van der Waals surface area contributed by atoms with Gasteiger partial charge in [0.05, 0.1) is 24.4 Å². The SMILES string of the molecule is Oc1cc(OC2CCCCC2)c2cc1C(c1ccccc1)c1cc(c(OC3CCCCC3)cc1O)C(c1ccccc1)c1cc(c(O)cc1OC1CCCCC1)C(c1ccccc1)c1cc(c(OC3CCCCC3)cc1O)C2c1ccccc1. The Hall–Kier alpha value is -7.84. The van der Waals surface area contributed by atoms with E-state index in [-0.39, 0.29) is 47.4 Å². The molecule has 0 heterocycles. The van der Waals surface area contributed by atoms with Crippen LogP contribution in [-0.4, -0.2) is 44.8 Å². The fourth-order valence-electron chi connectivity index (χ4n) is 14.8. The van der Waals surface area contributed by atoms with E-state index < -0.39 is 23.7 Å². The summed E-state index contributed by atoms with van der Waals surface area (Å²) < 4.78 is 29.2. The van der Waals surface area contributed by atoms with Gasteiger partial charge in [0.15, 0.2) is 0 Å². The van der Waals surface area contributed by atoms with Gasteiger partial charge < -0.3 is 39.4 Å². The van der Waals surface area contributed by atoms with E-state index in [1.54, 1.807) is 0 Å². The number of fused-ring (bicyclic) bond motifs is 8. The lowest BCUT2D eigenvalue weighted by atomic mass is 9.75. The summed E-state index contributed by atoms with van der Waals surface area (Å²) in [5, 5.41) is 52.4. The lowest BCUT2D eigenvalue weighted by Gasteiger charge is -2.33. The van der Waals surface area contributed by atoms with Gasteiger partial charge in [-0.05, 0) is 149 Å². The molecule has 8 heteroatoms. The summed E-state index contributed by atoms with van der Waals surface area (Å²) in [6.45, 7) is 0. The first-order valence-corrected chi connectivity index (χ1v) is 31.6. The van der Waals surface area contributed by atoms with Crippen LogP contribution in [0.15, 0.2) is 170 Å². The van der Waals surface area contributed by atoms with E-state index in [1.807, 2.05) is 72.8 Å². The van der Waals surface area contributed by atoms with Gasteiger partial charge in [-0.1, -0.05) is 147 Å². The molecule has 84 heavy (non-hydrogen) atoms. The molecule has 5 aliphatic rings. The summed E-state index contributed by atoms with van der Waals surface area (Å²) in [5.41, 5.74) is 9.38. The molecular formula is C76H80O8. The predicted molar refractivity (Wildman–Crippen MR) is 332 cm³/mol. The monoisotopic (exact) mass is 1120 g/mol. The Labute approximate surface area is 496 Å². The normalized spacial score (nSPS) is 20.9. The molecule has 8 aromatic carbocycles. The highest BCUT2D eigenvalue weighted by Crippen LogP contribution is 2.55. The van der Waals surface area contributed by atoms with Crippen LogP contribution in [-0.2, 0) is 0 Å². The Bertz CT molecular complexity index is 3120. The number of phenols is 4. The Kier molecular flexibility index (Phi) is 16.6. The predicted octanol–water partition coefficient (Wildman–Crippen LogP) is 18.4. The van der Waals surface area contributed by atoms with Crippen molar-refractivity contribution in [2.45, 2.75) is 177 Å². The smallest absolute Gasteiger partial charge is 0.127 e. The van der Waals surface area contributed by atoms with E-state index in [0.29, 0.717) is 45.3 Å². The molecular weight excluding hydrogens is 1040 g/mol. The highest BCUT2D eigenvalue weighted by Gasteiger charge is 2.38. The molecule has 0 amide bonds. The van der Waals surface area contributed by atoms with Crippen molar-refractivity contribution < 1.29 is 39.4 Å². The minimum Gasteiger partial charge on any atom is -0.507 e. The van der Waals surface area contributed by atoms with Crippen LogP contribution in [0.4, 0.5) is 0 Å². The molecule has 0 spiro atoms. The van der Waals surface area contributed by atoms with Gasteiger partial charge >= 0.3 is 0 Å². The summed E-state index contributed by atoms with van der Waals surface area (Å²) in [6, 6.07) is 57.2. The van der Waals surface area contributed by atoms with Gasteiger partial charge in [0.25, 0.3) is 0 Å². The van der Waals surface area contributed by atoms with Crippen molar-refractivity contribution in [1.82, 2.24) is 0 Å². The number of hydrogen-bond donors (Lipinski definition) is 4. The van der Waals surface area contributed by atoms with Crippen LogP contribution >= 0.6 is 0 Å². The first-order valence-electron chi connectivity index (χ1n) is 31.6. The third kappa shape index (κ3) is 11.7. The molecule has 0 aliphatic heterocycles. The van der Waals surface area contributed by atoms with Crippen LogP contribution in [0.3, 0.4) is 0 Å². The molecule has 8 nitrogen and oxygen atoms in total. The summed E-state index contributed by atoms with van der Waals surface area (Å²) in [6.07, 6.45) is 19.9. The van der Waals surface area contributed by atoms with Gasteiger partial charge in [0, 0.05) is 92.4 Å². The summed E-state index contributed by atoms with van der Waals surface area (Å²) in [4.78, 5) is 0. The average Bonchev–Trinajstić information content (AvgIpc) is 2.15. The highest BCUT2D eigenvalue weighted by atomic mass is 16.5. The van der Waals surface area contributed by atoms with Crippen molar-refractivity contribution in [2.24, 2.45) is 0 Å². The number of phenolic OH excluding ortho intramolecular Hbond substituents is 4. The molecule has 0 saturated heterocycles. The quantitative estimate of drug-likeness (QED) is 0.0956. The molecule has 0 aromatic heterocycles. The topological polar surface area (TPSA) is 118 Å². The van der Waals surface area contributed by atoms with Gasteiger partial charge in [-0.2, -0.15) is 0 Å². The maximum atomic E-state index is 13.1. The second-order valence-corrected chi connectivity index (χ2v) is 24.7. The molecule has 0 atom stereocenters. The Morgan fingerprint density at radius 3 is 0.619 bits per heavy atom. The van der Waals surface area contributed by atoms with E-state index >= 15 is 0 Å². The van der Waals surface area contributed by atoms with E-state index in [1.165, 1.54) is 0 Å². The number of ether oxygens (including phenoxy) is 4.